The zero-order valence-electron chi connectivity index (χ0n) is 11.9. The Morgan fingerprint density at radius 2 is 1.86 bits per heavy atom. The lowest BCUT2D eigenvalue weighted by atomic mass is 9.98. The molecule has 1 N–H and O–H groups in total. The van der Waals surface area contributed by atoms with Gasteiger partial charge < -0.3 is 5.32 Å². The number of rotatable bonds is 4. The van der Waals surface area contributed by atoms with E-state index in [1.165, 1.54) is 16.3 Å². The van der Waals surface area contributed by atoms with Crippen LogP contribution in [0.3, 0.4) is 0 Å². The summed E-state index contributed by atoms with van der Waals surface area (Å²) in [7, 11) is 2.00. The highest BCUT2D eigenvalue weighted by Crippen LogP contribution is 2.25. The fraction of sp³-hybridized carbons (Fsp3) is 0.167. The monoisotopic (exact) mass is 340 g/mol. The first kappa shape index (κ1) is 14.2. The van der Waals surface area contributed by atoms with Gasteiger partial charge in [-0.1, -0.05) is 40.2 Å². The van der Waals surface area contributed by atoms with Gasteiger partial charge in [0.15, 0.2) is 0 Å². The van der Waals surface area contributed by atoms with Crippen molar-refractivity contribution in [2.45, 2.75) is 12.5 Å². The van der Waals surface area contributed by atoms with Crippen LogP contribution in [0.2, 0.25) is 0 Å². The minimum absolute atomic E-state index is 0.271. The number of hydrogen-bond donors (Lipinski definition) is 1. The van der Waals surface area contributed by atoms with Crippen LogP contribution in [0.5, 0.6) is 0 Å². The molecule has 21 heavy (non-hydrogen) atoms. The summed E-state index contributed by atoms with van der Waals surface area (Å²) in [6.07, 6.45) is 2.74. The highest BCUT2D eigenvalue weighted by atomic mass is 79.9. The van der Waals surface area contributed by atoms with E-state index in [4.69, 9.17) is 0 Å². The lowest BCUT2D eigenvalue weighted by Gasteiger charge is -2.17. The van der Waals surface area contributed by atoms with E-state index in [2.05, 4.69) is 68.7 Å². The van der Waals surface area contributed by atoms with Crippen LogP contribution in [0.25, 0.3) is 10.8 Å². The average molecular weight is 341 g/mol. The zero-order chi connectivity index (χ0) is 14.7. The van der Waals surface area contributed by atoms with Crippen molar-refractivity contribution in [3.8, 4) is 0 Å². The van der Waals surface area contributed by atoms with Crippen molar-refractivity contribution >= 4 is 26.7 Å². The fourth-order valence-electron chi connectivity index (χ4n) is 2.57. The fourth-order valence-corrected chi connectivity index (χ4v) is 2.95. The summed E-state index contributed by atoms with van der Waals surface area (Å²) in [5.41, 5.74) is 2.39. The molecular weight excluding hydrogens is 324 g/mol. The number of nitrogens with zero attached hydrogens (tertiary/aromatic N) is 1. The normalized spacial score (nSPS) is 12.5. The molecule has 0 amide bonds. The Hall–Kier alpha value is -1.71. The summed E-state index contributed by atoms with van der Waals surface area (Å²) >= 11 is 3.52. The van der Waals surface area contributed by atoms with E-state index in [0.29, 0.717) is 0 Å². The second kappa shape index (κ2) is 6.37. The maximum atomic E-state index is 4.42. The van der Waals surface area contributed by atoms with Crippen molar-refractivity contribution in [3.63, 3.8) is 0 Å². The SMILES string of the molecule is CNC(Cc1ccccn1)c1ccc2cc(Br)ccc2c1. The van der Waals surface area contributed by atoms with Crippen LogP contribution in [0.1, 0.15) is 17.3 Å². The van der Waals surface area contributed by atoms with Gasteiger partial charge in [-0.2, -0.15) is 0 Å². The molecule has 0 fully saturated rings. The third kappa shape index (κ3) is 3.31. The van der Waals surface area contributed by atoms with E-state index in [1.54, 1.807) is 0 Å². The minimum atomic E-state index is 0.271. The van der Waals surface area contributed by atoms with Crippen molar-refractivity contribution in [2.75, 3.05) is 7.05 Å². The maximum absolute atomic E-state index is 4.42. The first-order valence-corrected chi connectivity index (χ1v) is 7.82. The first-order chi connectivity index (χ1) is 10.3. The largest absolute Gasteiger partial charge is 0.313 e. The quantitative estimate of drug-likeness (QED) is 0.756. The van der Waals surface area contributed by atoms with Gasteiger partial charge in [-0.3, -0.25) is 4.98 Å². The molecule has 0 aliphatic heterocycles. The number of nitrogens with one attached hydrogen (secondary N) is 1. The van der Waals surface area contributed by atoms with Gasteiger partial charge in [0, 0.05) is 28.8 Å². The molecule has 1 heterocycles. The molecule has 1 atom stereocenters. The smallest absolute Gasteiger partial charge is 0.0422 e. The van der Waals surface area contributed by atoms with Gasteiger partial charge in [0.05, 0.1) is 0 Å². The molecule has 0 aliphatic carbocycles. The number of fused-ring (bicyclic) bond motifs is 1. The van der Waals surface area contributed by atoms with E-state index in [0.717, 1.165) is 16.6 Å². The van der Waals surface area contributed by atoms with Gasteiger partial charge in [0.2, 0.25) is 0 Å². The number of benzene rings is 2. The summed E-state index contributed by atoms with van der Waals surface area (Å²) in [6, 6.07) is 19.3. The number of likely N-dealkylation sites (N-methyl/N-ethyl adjacent to an activating group) is 1. The molecule has 0 spiro atoms. The second-order valence-electron chi connectivity index (χ2n) is 5.12. The number of halogens is 1. The first-order valence-electron chi connectivity index (χ1n) is 7.02. The molecule has 1 aromatic heterocycles. The lowest BCUT2D eigenvalue weighted by Crippen LogP contribution is -2.19. The van der Waals surface area contributed by atoms with Gasteiger partial charge in [-0.15, -0.1) is 0 Å². The van der Waals surface area contributed by atoms with E-state index in [9.17, 15) is 0 Å². The standard InChI is InChI=1S/C18H17BrN2/c1-20-18(12-17-4-2-3-9-21-17)15-6-5-14-11-16(19)8-7-13(14)10-15/h2-11,18,20H,12H2,1H3. The van der Waals surface area contributed by atoms with Gasteiger partial charge in [-0.25, -0.2) is 0 Å². The Labute approximate surface area is 133 Å². The van der Waals surface area contributed by atoms with Gasteiger partial charge in [0.1, 0.15) is 0 Å². The minimum Gasteiger partial charge on any atom is -0.313 e. The third-order valence-electron chi connectivity index (χ3n) is 3.72. The Morgan fingerprint density at radius 1 is 1.05 bits per heavy atom. The van der Waals surface area contributed by atoms with E-state index >= 15 is 0 Å². The summed E-state index contributed by atoms with van der Waals surface area (Å²) in [6.45, 7) is 0. The van der Waals surface area contributed by atoms with Crippen LogP contribution in [-0.4, -0.2) is 12.0 Å². The van der Waals surface area contributed by atoms with Crippen LogP contribution >= 0.6 is 15.9 Å². The third-order valence-corrected chi connectivity index (χ3v) is 4.21. The molecule has 0 radical (unpaired) electrons. The Kier molecular flexibility index (Phi) is 4.32. The van der Waals surface area contributed by atoms with Gasteiger partial charge in [0.25, 0.3) is 0 Å². The van der Waals surface area contributed by atoms with E-state index in [-0.39, 0.29) is 6.04 Å². The predicted octanol–water partition coefficient (Wildman–Crippen LogP) is 4.50. The zero-order valence-corrected chi connectivity index (χ0v) is 13.5. The van der Waals surface area contributed by atoms with Crippen molar-refractivity contribution in [2.24, 2.45) is 0 Å². The number of hydrogen-bond acceptors (Lipinski definition) is 2. The highest BCUT2D eigenvalue weighted by molar-refractivity contribution is 9.10. The van der Waals surface area contributed by atoms with Gasteiger partial charge in [-0.05, 0) is 53.7 Å². The van der Waals surface area contributed by atoms with Crippen LogP contribution < -0.4 is 5.32 Å². The van der Waals surface area contributed by atoms with Crippen LogP contribution in [0.15, 0.2) is 65.3 Å². The Bertz CT molecular complexity index is 741. The molecule has 3 aromatic rings. The molecule has 0 saturated carbocycles. The molecule has 3 heteroatoms. The van der Waals surface area contributed by atoms with Crippen molar-refractivity contribution < 1.29 is 0 Å². The molecule has 106 valence electrons. The summed E-state index contributed by atoms with van der Waals surface area (Å²) in [4.78, 5) is 4.42. The summed E-state index contributed by atoms with van der Waals surface area (Å²) in [5.74, 6) is 0. The predicted molar refractivity (Wildman–Crippen MR) is 91.4 cm³/mol. The van der Waals surface area contributed by atoms with Crippen molar-refractivity contribution in [1.82, 2.24) is 10.3 Å². The van der Waals surface area contributed by atoms with E-state index in [1.807, 2.05) is 25.4 Å². The van der Waals surface area contributed by atoms with E-state index < -0.39 is 0 Å². The molecule has 1 unspecified atom stereocenters. The highest BCUT2D eigenvalue weighted by Gasteiger charge is 2.11. The number of aromatic nitrogens is 1. The van der Waals surface area contributed by atoms with Crippen molar-refractivity contribution in [1.29, 1.82) is 0 Å². The van der Waals surface area contributed by atoms with Crippen molar-refractivity contribution in [3.05, 3.63) is 76.5 Å². The molecule has 0 bridgehead atoms. The Balaban J connectivity index is 1.91. The molecule has 2 aromatic carbocycles. The summed E-state index contributed by atoms with van der Waals surface area (Å²) in [5, 5.41) is 5.91. The van der Waals surface area contributed by atoms with Crippen LogP contribution in [0.4, 0.5) is 0 Å². The molecule has 0 aliphatic rings. The average Bonchev–Trinajstić information content (AvgIpc) is 2.53. The topological polar surface area (TPSA) is 24.9 Å². The summed E-state index contributed by atoms with van der Waals surface area (Å²) < 4.78 is 1.11. The molecule has 2 nitrogen and oxygen atoms in total. The molecule has 0 saturated heterocycles. The maximum Gasteiger partial charge on any atom is 0.0422 e. The molecular formula is C18H17BrN2. The lowest BCUT2D eigenvalue weighted by molar-refractivity contribution is 0.585. The Morgan fingerprint density at radius 3 is 2.62 bits per heavy atom. The number of pyridine rings is 1. The second-order valence-corrected chi connectivity index (χ2v) is 6.03. The van der Waals surface area contributed by atoms with Crippen LogP contribution in [-0.2, 0) is 6.42 Å². The van der Waals surface area contributed by atoms with Gasteiger partial charge >= 0.3 is 0 Å². The van der Waals surface area contributed by atoms with Crippen LogP contribution in [0, 0.1) is 0 Å². The molecule has 3 rings (SSSR count).